The van der Waals surface area contributed by atoms with Gasteiger partial charge in [-0.3, -0.25) is 9.59 Å². The number of rotatable bonds is 7. The fourth-order valence-corrected chi connectivity index (χ4v) is 3.60. The van der Waals surface area contributed by atoms with Crippen LogP contribution < -0.4 is 20.1 Å². The monoisotopic (exact) mass is 402 g/mol. The molecule has 0 aromatic heterocycles. The Bertz CT molecular complexity index is 817. The Morgan fingerprint density at radius 1 is 1.28 bits per heavy atom. The molecular formula is C20H26N4O5. The summed E-state index contributed by atoms with van der Waals surface area (Å²) < 4.78 is 10.8. The van der Waals surface area contributed by atoms with Gasteiger partial charge in [0.25, 0.3) is 11.8 Å². The zero-order valence-corrected chi connectivity index (χ0v) is 16.7. The molecule has 2 fully saturated rings. The number of hydrogen-bond donors (Lipinski definition) is 2. The fraction of sp³-hybridized carbons (Fsp3) is 0.500. The summed E-state index contributed by atoms with van der Waals surface area (Å²) in [6.45, 7) is 2.23. The van der Waals surface area contributed by atoms with E-state index in [1.807, 2.05) is 6.92 Å². The van der Waals surface area contributed by atoms with E-state index in [4.69, 9.17) is 9.47 Å². The molecule has 2 N–H and O–H groups in total. The highest BCUT2D eigenvalue weighted by molar-refractivity contribution is 6.07. The van der Waals surface area contributed by atoms with Crippen molar-refractivity contribution in [3.63, 3.8) is 0 Å². The molecule has 1 heterocycles. The second-order valence-electron chi connectivity index (χ2n) is 7.09. The lowest BCUT2D eigenvalue weighted by molar-refractivity contribution is -0.132. The van der Waals surface area contributed by atoms with Gasteiger partial charge in [-0.05, 0) is 43.5 Å². The molecule has 1 aromatic rings. The molecule has 29 heavy (non-hydrogen) atoms. The lowest BCUT2D eigenvalue weighted by atomic mass is 9.82. The van der Waals surface area contributed by atoms with Gasteiger partial charge in [-0.1, -0.05) is 19.3 Å². The number of urea groups is 1. The van der Waals surface area contributed by atoms with E-state index in [9.17, 15) is 14.4 Å². The van der Waals surface area contributed by atoms with E-state index in [-0.39, 0.29) is 18.4 Å². The molecule has 0 radical (unpaired) electrons. The Hall–Kier alpha value is -3.10. The van der Waals surface area contributed by atoms with Gasteiger partial charge in [-0.15, -0.1) is 5.01 Å². The summed E-state index contributed by atoms with van der Waals surface area (Å²) in [5.41, 5.74) is -0.182. The van der Waals surface area contributed by atoms with Crippen molar-refractivity contribution in [1.82, 2.24) is 15.6 Å². The molecule has 1 aliphatic heterocycles. The van der Waals surface area contributed by atoms with E-state index >= 15 is 0 Å². The van der Waals surface area contributed by atoms with Crippen LogP contribution in [0, 0.1) is 0 Å². The zero-order valence-electron chi connectivity index (χ0n) is 16.7. The number of hydrogen-bond acceptors (Lipinski definition) is 6. The van der Waals surface area contributed by atoms with Crippen molar-refractivity contribution < 1.29 is 23.9 Å². The van der Waals surface area contributed by atoms with Crippen LogP contribution in [0.5, 0.6) is 11.5 Å². The molecule has 1 saturated carbocycles. The second-order valence-corrected chi connectivity index (χ2v) is 7.09. The largest absolute Gasteiger partial charge is 0.493 e. The molecular weight excluding hydrogens is 376 g/mol. The molecule has 1 aliphatic carbocycles. The van der Waals surface area contributed by atoms with Crippen molar-refractivity contribution in [2.45, 2.75) is 44.6 Å². The van der Waals surface area contributed by atoms with Crippen LogP contribution in [0.25, 0.3) is 0 Å². The predicted octanol–water partition coefficient (Wildman–Crippen LogP) is 1.80. The summed E-state index contributed by atoms with van der Waals surface area (Å²) in [6.07, 6.45) is 5.62. The first-order valence-corrected chi connectivity index (χ1v) is 9.77. The van der Waals surface area contributed by atoms with E-state index in [1.54, 1.807) is 18.2 Å². The molecule has 1 spiro atoms. The quantitative estimate of drug-likeness (QED) is 0.534. The van der Waals surface area contributed by atoms with Gasteiger partial charge in [-0.2, -0.15) is 5.10 Å². The molecule has 0 atom stereocenters. The van der Waals surface area contributed by atoms with Crippen LogP contribution in [0.2, 0.25) is 0 Å². The molecule has 2 aliphatic rings. The van der Waals surface area contributed by atoms with Crippen LogP contribution in [0.15, 0.2) is 23.3 Å². The lowest BCUT2D eigenvalue weighted by Crippen LogP contribution is -2.48. The Labute approximate surface area is 169 Å². The number of carbonyl (C=O) groups excluding carboxylic acids is 3. The van der Waals surface area contributed by atoms with Crippen molar-refractivity contribution in [3.05, 3.63) is 23.8 Å². The van der Waals surface area contributed by atoms with E-state index in [0.717, 1.165) is 24.3 Å². The first kappa shape index (κ1) is 20.6. The summed E-state index contributed by atoms with van der Waals surface area (Å²) >= 11 is 0. The molecule has 3 rings (SSSR count). The number of likely N-dealkylation sites (N-methyl/N-ethyl adjacent to an activating group) is 1. The normalized spacial score (nSPS) is 18.2. The van der Waals surface area contributed by atoms with E-state index in [2.05, 4.69) is 15.7 Å². The van der Waals surface area contributed by atoms with Gasteiger partial charge in [0.1, 0.15) is 5.54 Å². The number of methoxy groups -OCH3 is 1. The van der Waals surface area contributed by atoms with E-state index in [1.165, 1.54) is 13.3 Å². The summed E-state index contributed by atoms with van der Waals surface area (Å²) in [5.74, 6) is 0.300. The number of imide groups is 1. The fourth-order valence-electron chi connectivity index (χ4n) is 3.60. The molecule has 9 heteroatoms. The average Bonchev–Trinajstić information content (AvgIpc) is 2.94. The summed E-state index contributed by atoms with van der Waals surface area (Å²) in [6, 6.07) is 4.51. The van der Waals surface area contributed by atoms with Crippen LogP contribution in [0.3, 0.4) is 0 Å². The molecule has 156 valence electrons. The molecule has 1 aromatic carbocycles. The highest BCUT2D eigenvalue weighted by Gasteiger charge is 2.51. The number of carbonyl (C=O) groups is 3. The summed E-state index contributed by atoms with van der Waals surface area (Å²) in [7, 11) is 1.49. The third kappa shape index (κ3) is 4.49. The molecule has 4 amide bonds. The van der Waals surface area contributed by atoms with Crippen molar-refractivity contribution in [1.29, 1.82) is 0 Å². The number of hydrazone groups is 1. The summed E-state index contributed by atoms with van der Waals surface area (Å²) in [5, 5.41) is 10.5. The smallest absolute Gasteiger partial charge is 0.346 e. The van der Waals surface area contributed by atoms with Gasteiger partial charge in [0.2, 0.25) is 0 Å². The number of ether oxygens (including phenoxy) is 2. The molecule has 0 unspecified atom stereocenters. The minimum Gasteiger partial charge on any atom is -0.493 e. The van der Waals surface area contributed by atoms with Crippen molar-refractivity contribution in [3.8, 4) is 11.5 Å². The molecule has 0 bridgehead atoms. The first-order valence-electron chi connectivity index (χ1n) is 9.77. The first-order chi connectivity index (χ1) is 14.0. The maximum atomic E-state index is 12.7. The SMILES string of the molecule is CCNC(=O)COc1ccc(/C=N/N2C(=O)NC3(CCCCC3)C2=O)cc1OC. The predicted molar refractivity (Wildman–Crippen MR) is 106 cm³/mol. The van der Waals surface area contributed by atoms with Crippen LogP contribution >= 0.6 is 0 Å². The van der Waals surface area contributed by atoms with Gasteiger partial charge in [0, 0.05) is 6.54 Å². The van der Waals surface area contributed by atoms with Crippen molar-refractivity contribution in [2.75, 3.05) is 20.3 Å². The van der Waals surface area contributed by atoms with Gasteiger partial charge in [0.05, 0.1) is 13.3 Å². The van der Waals surface area contributed by atoms with E-state index < -0.39 is 11.6 Å². The Morgan fingerprint density at radius 2 is 2.03 bits per heavy atom. The lowest BCUT2D eigenvalue weighted by Gasteiger charge is -2.29. The maximum Gasteiger partial charge on any atom is 0.346 e. The molecule has 9 nitrogen and oxygen atoms in total. The topological polar surface area (TPSA) is 109 Å². The Morgan fingerprint density at radius 3 is 2.72 bits per heavy atom. The third-order valence-electron chi connectivity index (χ3n) is 5.09. The van der Waals surface area contributed by atoms with Crippen LogP contribution in [0.1, 0.15) is 44.6 Å². The van der Waals surface area contributed by atoms with Gasteiger partial charge in [0.15, 0.2) is 18.1 Å². The third-order valence-corrected chi connectivity index (χ3v) is 5.09. The minimum atomic E-state index is -0.804. The molecule has 1 saturated heterocycles. The van der Waals surface area contributed by atoms with Crippen LogP contribution in [-0.2, 0) is 9.59 Å². The van der Waals surface area contributed by atoms with Crippen LogP contribution in [0.4, 0.5) is 4.79 Å². The zero-order chi connectivity index (χ0) is 20.9. The summed E-state index contributed by atoms with van der Waals surface area (Å²) in [4.78, 5) is 36.5. The number of nitrogens with zero attached hydrogens (tertiary/aromatic N) is 2. The Kier molecular flexibility index (Phi) is 6.36. The number of nitrogens with one attached hydrogen (secondary N) is 2. The van der Waals surface area contributed by atoms with Gasteiger partial charge in [-0.25, -0.2) is 4.79 Å². The highest BCUT2D eigenvalue weighted by atomic mass is 16.5. The van der Waals surface area contributed by atoms with Crippen molar-refractivity contribution in [2.24, 2.45) is 5.10 Å². The van der Waals surface area contributed by atoms with Gasteiger partial charge >= 0.3 is 6.03 Å². The van der Waals surface area contributed by atoms with Crippen molar-refractivity contribution >= 4 is 24.1 Å². The standard InChI is InChI=1S/C20H26N4O5/c1-3-21-17(25)13-29-15-8-7-14(11-16(15)28-2)12-22-24-18(26)20(23-19(24)27)9-5-4-6-10-20/h7-8,11-12H,3-6,9-10,13H2,1-2H3,(H,21,25)(H,23,27)/b22-12+. The number of benzene rings is 1. The highest BCUT2D eigenvalue weighted by Crippen LogP contribution is 2.34. The maximum absolute atomic E-state index is 12.7. The Balaban J connectivity index is 1.69. The number of amides is 4. The second kappa shape index (κ2) is 8.93. The minimum absolute atomic E-state index is 0.123. The van der Waals surface area contributed by atoms with Crippen LogP contribution in [-0.4, -0.2) is 54.9 Å². The van der Waals surface area contributed by atoms with Gasteiger partial charge < -0.3 is 20.1 Å². The average molecular weight is 402 g/mol. The van der Waals surface area contributed by atoms with E-state index in [0.29, 0.717) is 36.4 Å².